The highest BCUT2D eigenvalue weighted by atomic mass is 32.1. The van der Waals surface area contributed by atoms with Gasteiger partial charge in [0.1, 0.15) is 5.82 Å². The van der Waals surface area contributed by atoms with E-state index in [1.807, 2.05) is 26.0 Å². The number of anilines is 1. The summed E-state index contributed by atoms with van der Waals surface area (Å²) in [5, 5.41) is 0. The average molecular weight is 292 g/mol. The van der Waals surface area contributed by atoms with Crippen LogP contribution in [0, 0.1) is 12.7 Å². The van der Waals surface area contributed by atoms with Crippen LogP contribution >= 0.6 is 11.3 Å². The highest BCUT2D eigenvalue weighted by molar-refractivity contribution is 7.12. The minimum atomic E-state index is -0.508. The van der Waals surface area contributed by atoms with Crippen molar-refractivity contribution in [1.82, 2.24) is 4.90 Å². The van der Waals surface area contributed by atoms with Gasteiger partial charge in [-0.15, -0.1) is 11.3 Å². The number of hydrogen-bond donors (Lipinski definition) is 1. The molecule has 0 radical (unpaired) electrons. The minimum absolute atomic E-state index is 0.0103. The molecule has 0 aliphatic rings. The number of amides is 1. The predicted molar refractivity (Wildman–Crippen MR) is 80.4 cm³/mol. The van der Waals surface area contributed by atoms with E-state index in [1.54, 1.807) is 23.3 Å². The van der Waals surface area contributed by atoms with E-state index in [9.17, 15) is 9.18 Å². The number of nitrogen functional groups attached to an aromatic ring is 1. The number of carbonyl (C=O) groups is 1. The van der Waals surface area contributed by atoms with Crippen molar-refractivity contribution in [2.75, 3.05) is 12.8 Å². The highest BCUT2D eigenvalue weighted by Crippen LogP contribution is 2.27. The van der Waals surface area contributed by atoms with Crippen LogP contribution in [0.4, 0.5) is 10.1 Å². The van der Waals surface area contributed by atoms with Crippen LogP contribution < -0.4 is 5.73 Å². The molecule has 0 spiro atoms. The molecular formula is C15H17FN2OS. The first-order valence-corrected chi connectivity index (χ1v) is 7.10. The normalized spacial score (nSPS) is 12.2. The van der Waals surface area contributed by atoms with Crippen molar-refractivity contribution in [2.45, 2.75) is 19.9 Å². The lowest BCUT2D eigenvalue weighted by atomic mass is 10.1. The van der Waals surface area contributed by atoms with Gasteiger partial charge in [0.15, 0.2) is 0 Å². The Labute approximate surface area is 121 Å². The Bertz CT molecular complexity index is 639. The van der Waals surface area contributed by atoms with E-state index in [1.165, 1.54) is 23.1 Å². The third-order valence-corrected chi connectivity index (χ3v) is 4.49. The molecule has 1 aromatic heterocycles. The summed E-state index contributed by atoms with van der Waals surface area (Å²) in [6.07, 6.45) is 0. The van der Waals surface area contributed by atoms with Gasteiger partial charge in [-0.2, -0.15) is 0 Å². The maximum absolute atomic E-state index is 13.1. The molecule has 1 atom stereocenters. The van der Waals surface area contributed by atoms with Gasteiger partial charge >= 0.3 is 0 Å². The zero-order valence-corrected chi connectivity index (χ0v) is 12.5. The Morgan fingerprint density at radius 1 is 1.35 bits per heavy atom. The first kappa shape index (κ1) is 14.5. The molecule has 0 saturated heterocycles. The minimum Gasteiger partial charge on any atom is -0.396 e. The molecule has 1 unspecified atom stereocenters. The van der Waals surface area contributed by atoms with Gasteiger partial charge in [-0.05, 0) is 44.2 Å². The first-order valence-electron chi connectivity index (χ1n) is 6.28. The molecule has 2 N–H and O–H groups in total. The van der Waals surface area contributed by atoms with Crippen LogP contribution in [0.25, 0.3) is 0 Å². The summed E-state index contributed by atoms with van der Waals surface area (Å²) in [6.45, 7) is 4.00. The number of nitrogens with two attached hydrogens (primary N) is 1. The third kappa shape index (κ3) is 2.82. The monoisotopic (exact) mass is 292 g/mol. The number of nitrogens with zero attached hydrogens (tertiary/aromatic N) is 1. The van der Waals surface area contributed by atoms with Crippen molar-refractivity contribution in [1.29, 1.82) is 0 Å². The number of hydrogen-bond acceptors (Lipinski definition) is 3. The van der Waals surface area contributed by atoms with Crippen LogP contribution in [-0.4, -0.2) is 17.9 Å². The Hall–Kier alpha value is -1.88. The largest absolute Gasteiger partial charge is 0.396 e. The Kier molecular flexibility index (Phi) is 4.09. The molecule has 20 heavy (non-hydrogen) atoms. The molecule has 5 heteroatoms. The molecule has 0 fully saturated rings. The molecule has 0 aliphatic heterocycles. The van der Waals surface area contributed by atoms with Crippen LogP contribution in [0.1, 0.15) is 33.1 Å². The fraction of sp³-hybridized carbons (Fsp3) is 0.267. The molecule has 0 saturated carbocycles. The van der Waals surface area contributed by atoms with E-state index in [4.69, 9.17) is 5.73 Å². The van der Waals surface area contributed by atoms with Gasteiger partial charge in [0, 0.05) is 22.4 Å². The molecule has 0 aliphatic carbocycles. The Morgan fingerprint density at radius 2 is 2.05 bits per heavy atom. The van der Waals surface area contributed by atoms with Gasteiger partial charge in [-0.1, -0.05) is 0 Å². The van der Waals surface area contributed by atoms with Gasteiger partial charge in [-0.3, -0.25) is 4.79 Å². The summed E-state index contributed by atoms with van der Waals surface area (Å²) in [5.41, 5.74) is 5.89. The summed E-state index contributed by atoms with van der Waals surface area (Å²) < 4.78 is 13.1. The summed E-state index contributed by atoms with van der Waals surface area (Å²) in [5.74, 6) is -0.679. The maximum Gasteiger partial charge on any atom is 0.254 e. The van der Waals surface area contributed by atoms with Crippen molar-refractivity contribution in [3.63, 3.8) is 0 Å². The molecule has 1 aromatic carbocycles. The second-order valence-corrected chi connectivity index (χ2v) is 6.10. The van der Waals surface area contributed by atoms with E-state index < -0.39 is 5.82 Å². The standard InChI is InChI=1S/C15H17FN2OS/c1-9-4-7-14(20-9)10(2)18(3)15(19)11-5-6-12(16)13(17)8-11/h4-8,10H,17H2,1-3H3. The number of benzene rings is 1. The van der Waals surface area contributed by atoms with Crippen LogP contribution in [0.5, 0.6) is 0 Å². The quantitative estimate of drug-likeness (QED) is 0.878. The topological polar surface area (TPSA) is 46.3 Å². The fourth-order valence-electron chi connectivity index (χ4n) is 1.93. The third-order valence-electron chi connectivity index (χ3n) is 3.32. The Balaban J connectivity index is 2.21. The van der Waals surface area contributed by atoms with Gasteiger partial charge in [0.25, 0.3) is 5.91 Å². The SMILES string of the molecule is Cc1ccc(C(C)N(C)C(=O)c2ccc(F)c(N)c2)s1. The van der Waals surface area contributed by atoms with Crippen LogP contribution in [0.3, 0.4) is 0 Å². The van der Waals surface area contributed by atoms with E-state index in [0.717, 1.165) is 4.88 Å². The average Bonchev–Trinajstić information content (AvgIpc) is 2.86. The number of aryl methyl sites for hydroxylation is 1. The lowest BCUT2D eigenvalue weighted by Gasteiger charge is -2.24. The van der Waals surface area contributed by atoms with Crippen LogP contribution in [0.2, 0.25) is 0 Å². The van der Waals surface area contributed by atoms with E-state index in [2.05, 4.69) is 0 Å². The Morgan fingerprint density at radius 3 is 2.60 bits per heavy atom. The van der Waals surface area contributed by atoms with Gasteiger partial charge < -0.3 is 10.6 Å². The molecule has 2 rings (SSSR count). The zero-order valence-electron chi connectivity index (χ0n) is 11.7. The van der Waals surface area contributed by atoms with E-state index in [0.29, 0.717) is 5.56 Å². The van der Waals surface area contributed by atoms with Crippen LogP contribution in [0.15, 0.2) is 30.3 Å². The van der Waals surface area contributed by atoms with E-state index in [-0.39, 0.29) is 17.6 Å². The lowest BCUT2D eigenvalue weighted by Crippen LogP contribution is -2.29. The summed E-state index contributed by atoms with van der Waals surface area (Å²) in [6, 6.07) is 8.07. The smallest absolute Gasteiger partial charge is 0.254 e. The second-order valence-electron chi connectivity index (χ2n) is 4.78. The van der Waals surface area contributed by atoms with Gasteiger partial charge in [0.05, 0.1) is 11.7 Å². The summed E-state index contributed by atoms with van der Waals surface area (Å²) in [7, 11) is 1.74. The molecule has 1 heterocycles. The maximum atomic E-state index is 13.1. The first-order chi connectivity index (χ1) is 9.40. The van der Waals surface area contributed by atoms with E-state index >= 15 is 0 Å². The number of thiophene rings is 1. The second kappa shape index (κ2) is 5.63. The fourth-order valence-corrected chi connectivity index (χ4v) is 2.90. The van der Waals surface area contributed by atoms with Crippen molar-refractivity contribution in [2.24, 2.45) is 0 Å². The van der Waals surface area contributed by atoms with Crippen molar-refractivity contribution in [3.05, 3.63) is 51.5 Å². The number of rotatable bonds is 3. The van der Waals surface area contributed by atoms with Gasteiger partial charge in [0.2, 0.25) is 0 Å². The highest BCUT2D eigenvalue weighted by Gasteiger charge is 2.20. The molecule has 2 aromatic rings. The number of carbonyl (C=O) groups excluding carboxylic acids is 1. The molecule has 3 nitrogen and oxygen atoms in total. The molecular weight excluding hydrogens is 275 g/mol. The van der Waals surface area contributed by atoms with Crippen LogP contribution in [-0.2, 0) is 0 Å². The lowest BCUT2D eigenvalue weighted by molar-refractivity contribution is 0.0745. The zero-order chi connectivity index (χ0) is 14.9. The van der Waals surface area contributed by atoms with Gasteiger partial charge in [-0.25, -0.2) is 4.39 Å². The molecule has 0 bridgehead atoms. The molecule has 106 valence electrons. The summed E-state index contributed by atoms with van der Waals surface area (Å²) >= 11 is 1.66. The van der Waals surface area contributed by atoms with Crippen molar-refractivity contribution < 1.29 is 9.18 Å². The molecule has 1 amide bonds. The predicted octanol–water partition coefficient (Wildman–Crippen LogP) is 3.61. The van der Waals surface area contributed by atoms with Crippen molar-refractivity contribution in [3.8, 4) is 0 Å². The summed E-state index contributed by atoms with van der Waals surface area (Å²) in [4.78, 5) is 16.3. The number of halogens is 1. The van der Waals surface area contributed by atoms with Crippen molar-refractivity contribution >= 4 is 22.9 Å².